The van der Waals surface area contributed by atoms with Crippen molar-refractivity contribution in [1.29, 1.82) is 0 Å². The summed E-state index contributed by atoms with van der Waals surface area (Å²) in [5.41, 5.74) is 0. The average Bonchev–Trinajstić information content (AvgIpc) is 1.41. The molecular weight excluding hydrogens is 68.0 g/mol. The average molecular weight is 75.1 g/mol. The van der Waals surface area contributed by atoms with Crippen LogP contribution in [0.1, 0.15) is 6.42 Å². The van der Waals surface area contributed by atoms with E-state index in [0.717, 1.165) is 0 Å². The fraction of sp³-hybridized carbons (Fsp3) is 0.667. The van der Waals surface area contributed by atoms with Crippen LogP contribution in [0.5, 0.6) is 0 Å². The lowest BCUT2D eigenvalue weighted by atomic mass is 10.5. The highest BCUT2D eigenvalue weighted by Gasteiger charge is 1.68. The van der Waals surface area contributed by atoms with Crippen LogP contribution in [0, 0.1) is 6.92 Å². The van der Waals surface area contributed by atoms with Crippen molar-refractivity contribution < 1.29 is 10.1 Å². The fourth-order valence-corrected chi connectivity index (χ4v) is 0.0645. The molecule has 0 aliphatic carbocycles. The van der Waals surface area contributed by atoms with Crippen molar-refractivity contribution in [2.24, 2.45) is 0 Å². The third kappa shape index (κ3) is 3.92. The molecule has 31 valence electrons. The van der Waals surface area contributed by atoms with Gasteiger partial charge in [-0.25, -0.2) is 4.89 Å². The van der Waals surface area contributed by atoms with Crippen LogP contribution in [0.2, 0.25) is 0 Å². The van der Waals surface area contributed by atoms with E-state index in [0.29, 0.717) is 13.0 Å². The Kier molecular flexibility index (Phi) is 3.86. The van der Waals surface area contributed by atoms with Gasteiger partial charge in [-0.05, 0) is 6.42 Å². The predicted octanol–water partition coefficient (Wildman–Crippen LogP) is 0.700. The maximum atomic E-state index is 7.53. The Morgan fingerprint density at radius 3 is 2.40 bits per heavy atom. The first kappa shape index (κ1) is 4.92. The van der Waals surface area contributed by atoms with E-state index in [1.54, 1.807) is 0 Å². The Morgan fingerprint density at radius 2 is 2.40 bits per heavy atom. The van der Waals surface area contributed by atoms with Crippen LogP contribution < -0.4 is 0 Å². The van der Waals surface area contributed by atoms with E-state index in [2.05, 4.69) is 11.8 Å². The van der Waals surface area contributed by atoms with Crippen molar-refractivity contribution in [2.75, 3.05) is 6.61 Å². The summed E-state index contributed by atoms with van der Waals surface area (Å²) in [6.45, 7) is 3.72. The van der Waals surface area contributed by atoms with Gasteiger partial charge in [-0.15, -0.1) is 0 Å². The predicted molar refractivity (Wildman–Crippen MR) is 18.6 cm³/mol. The molecule has 0 saturated heterocycles. The van der Waals surface area contributed by atoms with Crippen molar-refractivity contribution >= 4 is 0 Å². The molecule has 5 heavy (non-hydrogen) atoms. The number of hydrogen-bond donors (Lipinski definition) is 1. The van der Waals surface area contributed by atoms with Crippen LogP contribution in [-0.4, -0.2) is 11.9 Å². The summed E-state index contributed by atoms with van der Waals surface area (Å²) >= 11 is 0. The summed E-state index contributed by atoms with van der Waals surface area (Å²) in [6.07, 6.45) is 0.622. The summed E-state index contributed by atoms with van der Waals surface area (Å²) in [5.74, 6) is 0. The van der Waals surface area contributed by atoms with E-state index < -0.39 is 0 Å². The molecule has 0 amide bonds. The van der Waals surface area contributed by atoms with Gasteiger partial charge in [0, 0.05) is 0 Å². The molecule has 1 N–H and O–H groups in total. The van der Waals surface area contributed by atoms with Crippen molar-refractivity contribution in [3.05, 3.63) is 6.92 Å². The molecule has 0 atom stereocenters. The molecule has 0 aromatic carbocycles. The summed E-state index contributed by atoms with van der Waals surface area (Å²) < 4.78 is 0. The molecule has 0 fully saturated rings. The maximum absolute atomic E-state index is 7.53. The van der Waals surface area contributed by atoms with Crippen LogP contribution >= 0.6 is 0 Å². The first-order valence-electron chi connectivity index (χ1n) is 1.47. The van der Waals surface area contributed by atoms with Crippen LogP contribution in [0.4, 0.5) is 0 Å². The largest absolute Gasteiger partial charge is 0.252 e. The molecule has 1 radical (unpaired) electrons. The first-order valence-corrected chi connectivity index (χ1v) is 1.47. The van der Waals surface area contributed by atoms with Gasteiger partial charge in [0.15, 0.2) is 0 Å². The molecule has 2 heteroatoms. The summed E-state index contributed by atoms with van der Waals surface area (Å²) in [4.78, 5) is 3.63. The van der Waals surface area contributed by atoms with Gasteiger partial charge in [0.05, 0.1) is 6.61 Å². The standard InChI is InChI=1S/C3H7O2/c1-2-3-5-4/h4H,1-3H2. The van der Waals surface area contributed by atoms with Crippen molar-refractivity contribution in [2.45, 2.75) is 6.42 Å². The highest BCUT2D eigenvalue weighted by molar-refractivity contribution is 4.29. The highest BCUT2D eigenvalue weighted by atomic mass is 17.1. The minimum Gasteiger partial charge on any atom is -0.252 e. The molecule has 0 rings (SSSR count). The smallest absolute Gasteiger partial charge is 0.0819 e. The molecule has 0 aromatic heterocycles. The van der Waals surface area contributed by atoms with Gasteiger partial charge in [0.1, 0.15) is 0 Å². The molecule has 0 aliphatic heterocycles. The Bertz CT molecular complexity index is 12.4. The Balaban J connectivity index is 2.19. The molecule has 0 saturated carbocycles. The second kappa shape index (κ2) is 3.92. The van der Waals surface area contributed by atoms with Gasteiger partial charge in [0.2, 0.25) is 0 Å². The van der Waals surface area contributed by atoms with Crippen LogP contribution in [0.15, 0.2) is 0 Å². The van der Waals surface area contributed by atoms with Crippen molar-refractivity contribution in [1.82, 2.24) is 0 Å². The minimum atomic E-state index is 0.333. The normalized spacial score (nSPS) is 8.40. The quantitative estimate of drug-likeness (QED) is 0.386. The van der Waals surface area contributed by atoms with Crippen LogP contribution in [0.3, 0.4) is 0 Å². The van der Waals surface area contributed by atoms with E-state index in [-0.39, 0.29) is 0 Å². The lowest BCUT2D eigenvalue weighted by molar-refractivity contribution is -0.240. The van der Waals surface area contributed by atoms with Gasteiger partial charge in [-0.3, -0.25) is 5.26 Å². The topological polar surface area (TPSA) is 29.5 Å². The van der Waals surface area contributed by atoms with Crippen molar-refractivity contribution in [3.8, 4) is 0 Å². The zero-order valence-corrected chi connectivity index (χ0v) is 2.98. The van der Waals surface area contributed by atoms with Gasteiger partial charge >= 0.3 is 0 Å². The molecular formula is C3H7O2. The van der Waals surface area contributed by atoms with Crippen LogP contribution in [0.25, 0.3) is 0 Å². The van der Waals surface area contributed by atoms with E-state index in [9.17, 15) is 0 Å². The SMILES string of the molecule is [CH2]CCOO. The molecule has 0 aliphatic rings. The fourth-order valence-electron chi connectivity index (χ4n) is 0.0645. The van der Waals surface area contributed by atoms with E-state index in [1.807, 2.05) is 0 Å². The zero-order valence-electron chi connectivity index (χ0n) is 2.98. The van der Waals surface area contributed by atoms with Gasteiger partial charge in [-0.2, -0.15) is 0 Å². The molecule has 0 aromatic rings. The summed E-state index contributed by atoms with van der Waals surface area (Å²) in [7, 11) is 0. The zero-order chi connectivity index (χ0) is 4.12. The van der Waals surface area contributed by atoms with E-state index >= 15 is 0 Å². The Labute approximate surface area is 31.3 Å². The second-order valence-electron chi connectivity index (χ2n) is 0.687. The lowest BCUT2D eigenvalue weighted by Gasteiger charge is -1.81. The third-order valence-electron chi connectivity index (χ3n) is 0.236. The van der Waals surface area contributed by atoms with E-state index in [4.69, 9.17) is 5.26 Å². The summed E-state index contributed by atoms with van der Waals surface area (Å²) in [6, 6.07) is 0. The number of hydrogen-bond acceptors (Lipinski definition) is 2. The van der Waals surface area contributed by atoms with Gasteiger partial charge in [0.25, 0.3) is 0 Å². The highest BCUT2D eigenvalue weighted by Crippen LogP contribution is 1.69. The summed E-state index contributed by atoms with van der Waals surface area (Å²) in [5, 5.41) is 7.53. The monoisotopic (exact) mass is 75.0 g/mol. The molecule has 0 bridgehead atoms. The Morgan fingerprint density at radius 1 is 1.80 bits per heavy atom. The number of rotatable bonds is 2. The Hall–Kier alpha value is -0.0800. The second-order valence-corrected chi connectivity index (χ2v) is 0.687. The minimum absolute atomic E-state index is 0.333. The molecule has 2 nitrogen and oxygen atoms in total. The molecule has 0 unspecified atom stereocenters. The van der Waals surface area contributed by atoms with Gasteiger partial charge < -0.3 is 0 Å². The molecule has 0 heterocycles. The maximum Gasteiger partial charge on any atom is 0.0819 e. The van der Waals surface area contributed by atoms with Crippen LogP contribution in [-0.2, 0) is 4.89 Å². The third-order valence-corrected chi connectivity index (χ3v) is 0.236. The van der Waals surface area contributed by atoms with E-state index in [1.165, 1.54) is 0 Å². The van der Waals surface area contributed by atoms with Crippen molar-refractivity contribution in [3.63, 3.8) is 0 Å². The van der Waals surface area contributed by atoms with Gasteiger partial charge in [-0.1, -0.05) is 6.92 Å². The molecule has 0 spiro atoms. The first-order chi connectivity index (χ1) is 2.41. The lowest BCUT2D eigenvalue weighted by Crippen LogP contribution is -1.82.